The van der Waals surface area contributed by atoms with Crippen LogP contribution in [0, 0.1) is 0 Å². The van der Waals surface area contributed by atoms with Crippen molar-refractivity contribution in [2.45, 2.75) is 24.8 Å². The van der Waals surface area contributed by atoms with Gasteiger partial charge < -0.3 is 10.8 Å². The topological polar surface area (TPSA) is 112 Å². The summed E-state index contributed by atoms with van der Waals surface area (Å²) in [4.78, 5) is 15.4. The standard InChI is InChI=1S/C11H14N6O2/c1-16-4-7(3-13-16)6-2-8(10(18)19)9-14-11(12)15-17(9)5-6/h3-4,6,8H,2,5H2,1H3,(H2,12,15)(H,18,19). The number of anilines is 1. The lowest BCUT2D eigenvalue weighted by molar-refractivity contribution is -0.139. The lowest BCUT2D eigenvalue weighted by Crippen LogP contribution is -2.28. The molecule has 0 bridgehead atoms. The van der Waals surface area contributed by atoms with Gasteiger partial charge in [0.05, 0.1) is 12.7 Å². The molecule has 8 heteroatoms. The maximum atomic E-state index is 11.4. The molecule has 0 spiro atoms. The molecule has 2 unspecified atom stereocenters. The monoisotopic (exact) mass is 262 g/mol. The summed E-state index contributed by atoms with van der Waals surface area (Å²) in [6.45, 7) is 0.578. The largest absolute Gasteiger partial charge is 0.481 e. The zero-order valence-electron chi connectivity index (χ0n) is 10.4. The number of aliphatic carboxylic acids is 1. The van der Waals surface area contributed by atoms with Crippen LogP contribution in [-0.2, 0) is 18.4 Å². The second kappa shape index (κ2) is 4.08. The first kappa shape index (κ1) is 11.7. The van der Waals surface area contributed by atoms with E-state index < -0.39 is 11.9 Å². The van der Waals surface area contributed by atoms with Gasteiger partial charge in [-0.15, -0.1) is 5.10 Å². The third kappa shape index (κ3) is 1.94. The fourth-order valence-electron chi connectivity index (χ4n) is 2.54. The van der Waals surface area contributed by atoms with E-state index in [0.29, 0.717) is 18.8 Å². The Bertz CT molecular complexity index is 631. The third-order valence-corrected chi connectivity index (χ3v) is 3.44. The molecule has 0 fully saturated rings. The van der Waals surface area contributed by atoms with Crippen molar-refractivity contribution in [3.8, 4) is 0 Å². The van der Waals surface area contributed by atoms with Crippen LogP contribution in [0.3, 0.4) is 0 Å². The summed E-state index contributed by atoms with van der Waals surface area (Å²) < 4.78 is 3.30. The minimum absolute atomic E-state index is 0.0587. The second-order valence-electron chi connectivity index (χ2n) is 4.78. The number of nitrogens with two attached hydrogens (primary N) is 1. The Morgan fingerprint density at radius 1 is 1.58 bits per heavy atom. The lowest BCUT2D eigenvalue weighted by Gasteiger charge is -2.26. The van der Waals surface area contributed by atoms with Crippen molar-refractivity contribution in [2.24, 2.45) is 7.05 Å². The van der Waals surface area contributed by atoms with Gasteiger partial charge in [0, 0.05) is 19.2 Å². The highest BCUT2D eigenvalue weighted by Gasteiger charge is 2.35. The summed E-state index contributed by atoms with van der Waals surface area (Å²) in [5.41, 5.74) is 6.56. The Morgan fingerprint density at radius 2 is 2.37 bits per heavy atom. The number of carboxylic acid groups (broad SMARTS) is 1. The van der Waals surface area contributed by atoms with Gasteiger partial charge in [-0.05, 0) is 12.0 Å². The highest BCUT2D eigenvalue weighted by atomic mass is 16.4. The first-order valence-electron chi connectivity index (χ1n) is 5.96. The summed E-state index contributed by atoms with van der Waals surface area (Å²) in [7, 11) is 1.83. The van der Waals surface area contributed by atoms with E-state index in [1.165, 1.54) is 0 Å². The number of hydrogen-bond acceptors (Lipinski definition) is 5. The fourth-order valence-corrected chi connectivity index (χ4v) is 2.54. The van der Waals surface area contributed by atoms with Gasteiger partial charge in [0.1, 0.15) is 11.7 Å². The quantitative estimate of drug-likeness (QED) is 0.784. The van der Waals surface area contributed by atoms with Crippen LogP contribution < -0.4 is 5.73 Å². The first-order chi connectivity index (χ1) is 9.04. The van der Waals surface area contributed by atoms with Crippen LogP contribution in [-0.4, -0.2) is 35.6 Å². The van der Waals surface area contributed by atoms with E-state index >= 15 is 0 Å². The number of fused-ring (bicyclic) bond motifs is 1. The van der Waals surface area contributed by atoms with E-state index in [0.717, 1.165) is 5.56 Å². The van der Waals surface area contributed by atoms with Gasteiger partial charge in [0.25, 0.3) is 0 Å². The number of nitrogen functional groups attached to an aromatic ring is 1. The van der Waals surface area contributed by atoms with Crippen molar-refractivity contribution in [3.05, 3.63) is 23.8 Å². The van der Waals surface area contributed by atoms with Crippen molar-refractivity contribution < 1.29 is 9.90 Å². The molecule has 19 heavy (non-hydrogen) atoms. The van der Waals surface area contributed by atoms with Gasteiger partial charge in [-0.2, -0.15) is 10.1 Å². The lowest BCUT2D eigenvalue weighted by atomic mass is 9.87. The van der Waals surface area contributed by atoms with Crippen LogP contribution in [0.25, 0.3) is 0 Å². The number of aryl methyl sites for hydroxylation is 1. The Labute approximate surface area is 108 Å². The molecule has 1 aliphatic heterocycles. The second-order valence-corrected chi connectivity index (χ2v) is 4.78. The Hall–Kier alpha value is -2.38. The van der Waals surface area contributed by atoms with Crippen LogP contribution in [0.4, 0.5) is 5.95 Å². The van der Waals surface area contributed by atoms with Crippen molar-refractivity contribution in [1.82, 2.24) is 24.5 Å². The summed E-state index contributed by atoms with van der Waals surface area (Å²) in [5.74, 6) is -0.965. The number of rotatable bonds is 2. The predicted octanol–water partition coefficient (Wildman–Crippen LogP) is -0.0505. The third-order valence-electron chi connectivity index (χ3n) is 3.44. The van der Waals surface area contributed by atoms with Gasteiger partial charge in [-0.3, -0.25) is 9.48 Å². The molecule has 8 nitrogen and oxygen atoms in total. The highest BCUT2D eigenvalue weighted by molar-refractivity contribution is 5.75. The van der Waals surface area contributed by atoms with Gasteiger partial charge in [-0.1, -0.05) is 0 Å². The average Bonchev–Trinajstić information content (AvgIpc) is 2.92. The summed E-state index contributed by atoms with van der Waals surface area (Å²) in [5, 5.41) is 17.5. The molecule has 0 radical (unpaired) electrons. The molecule has 3 heterocycles. The Balaban J connectivity index is 1.98. The van der Waals surface area contributed by atoms with Crippen LogP contribution in [0.2, 0.25) is 0 Å². The summed E-state index contributed by atoms with van der Waals surface area (Å²) >= 11 is 0. The molecular formula is C11H14N6O2. The van der Waals surface area contributed by atoms with Crippen molar-refractivity contribution in [1.29, 1.82) is 0 Å². The van der Waals surface area contributed by atoms with E-state index in [9.17, 15) is 9.90 Å². The van der Waals surface area contributed by atoms with Gasteiger partial charge in [0.15, 0.2) is 0 Å². The fraction of sp³-hybridized carbons (Fsp3) is 0.455. The molecule has 2 aromatic heterocycles. The molecule has 0 amide bonds. The molecule has 0 aliphatic carbocycles. The Morgan fingerprint density at radius 3 is 3.00 bits per heavy atom. The van der Waals surface area contributed by atoms with Gasteiger partial charge >= 0.3 is 5.97 Å². The molecule has 2 atom stereocenters. The van der Waals surface area contributed by atoms with Crippen molar-refractivity contribution in [2.75, 3.05) is 5.73 Å². The van der Waals surface area contributed by atoms with Crippen LogP contribution in [0.5, 0.6) is 0 Å². The van der Waals surface area contributed by atoms with Crippen molar-refractivity contribution >= 4 is 11.9 Å². The molecular weight excluding hydrogens is 248 g/mol. The van der Waals surface area contributed by atoms with Crippen molar-refractivity contribution in [3.63, 3.8) is 0 Å². The van der Waals surface area contributed by atoms with E-state index in [1.54, 1.807) is 15.6 Å². The number of carboxylic acids is 1. The van der Waals surface area contributed by atoms with Crippen LogP contribution in [0.1, 0.15) is 29.6 Å². The number of hydrogen-bond donors (Lipinski definition) is 2. The molecule has 3 rings (SSSR count). The van der Waals surface area contributed by atoms with Gasteiger partial charge in [0.2, 0.25) is 5.95 Å². The van der Waals surface area contributed by atoms with E-state index in [2.05, 4.69) is 15.2 Å². The summed E-state index contributed by atoms with van der Waals surface area (Å²) in [6, 6.07) is 0. The Kier molecular flexibility index (Phi) is 2.51. The van der Waals surface area contributed by atoms with E-state index in [4.69, 9.17) is 5.73 Å². The molecule has 100 valence electrons. The molecule has 2 aromatic rings. The van der Waals surface area contributed by atoms with E-state index in [-0.39, 0.29) is 11.9 Å². The normalized spacial score (nSPS) is 22.2. The molecule has 0 saturated carbocycles. The minimum Gasteiger partial charge on any atom is -0.481 e. The number of carbonyl (C=O) groups is 1. The van der Waals surface area contributed by atoms with Crippen LogP contribution in [0.15, 0.2) is 12.4 Å². The average molecular weight is 262 g/mol. The van der Waals surface area contributed by atoms with Crippen LogP contribution >= 0.6 is 0 Å². The SMILES string of the molecule is Cn1cc(C2CC(C(=O)O)c3nc(N)nn3C2)cn1. The minimum atomic E-state index is -0.901. The highest BCUT2D eigenvalue weighted by Crippen LogP contribution is 2.35. The number of aromatic nitrogens is 5. The molecule has 1 aliphatic rings. The summed E-state index contributed by atoms with van der Waals surface area (Å²) in [6.07, 6.45) is 4.14. The number of nitrogens with zero attached hydrogens (tertiary/aromatic N) is 5. The maximum absolute atomic E-state index is 11.4. The van der Waals surface area contributed by atoms with Gasteiger partial charge in [-0.25, -0.2) is 4.68 Å². The maximum Gasteiger partial charge on any atom is 0.314 e. The smallest absolute Gasteiger partial charge is 0.314 e. The predicted molar refractivity (Wildman–Crippen MR) is 65.4 cm³/mol. The zero-order chi connectivity index (χ0) is 13.6. The zero-order valence-corrected chi connectivity index (χ0v) is 10.4. The molecule has 0 aromatic carbocycles. The van der Waals surface area contributed by atoms with E-state index in [1.807, 2.05) is 13.2 Å². The molecule has 3 N–H and O–H groups in total. The first-order valence-corrected chi connectivity index (χ1v) is 5.96. The molecule has 0 saturated heterocycles.